The normalized spacial score (nSPS) is 10.2. The Morgan fingerprint density at radius 2 is 2.19 bits per heavy atom. The molecule has 16 heavy (non-hydrogen) atoms. The molecule has 0 unspecified atom stereocenters. The van der Waals surface area contributed by atoms with Gasteiger partial charge in [-0.2, -0.15) is 10.1 Å². The lowest BCUT2D eigenvalue weighted by Crippen LogP contribution is -1.98. The van der Waals surface area contributed by atoms with Gasteiger partial charge >= 0.3 is 0 Å². The number of nitrogens with zero attached hydrogens (tertiary/aromatic N) is 3. The number of hydrogen-bond donors (Lipinski definition) is 1. The van der Waals surface area contributed by atoms with Gasteiger partial charge in [0, 0.05) is 5.69 Å². The van der Waals surface area contributed by atoms with Gasteiger partial charge in [-0.1, -0.05) is 6.07 Å². The number of benzene rings is 1. The van der Waals surface area contributed by atoms with E-state index in [0.29, 0.717) is 11.5 Å². The molecule has 0 saturated carbocycles. The molecule has 0 fully saturated rings. The molecule has 1 aromatic carbocycles. The number of aromatic nitrogens is 3. The van der Waals surface area contributed by atoms with E-state index in [1.165, 1.54) is 18.3 Å². The third-order valence-electron chi connectivity index (χ3n) is 2.00. The second-order valence-electron chi connectivity index (χ2n) is 3.19. The Hall–Kier alpha value is -1.75. The Balaban J connectivity index is 2.30. The van der Waals surface area contributed by atoms with Gasteiger partial charge in [-0.3, -0.25) is 0 Å². The summed E-state index contributed by atoms with van der Waals surface area (Å²) >= 11 is 5.58. The van der Waals surface area contributed by atoms with Gasteiger partial charge in [-0.05, 0) is 36.2 Å². The monoisotopic (exact) mass is 238 g/mol. The van der Waals surface area contributed by atoms with Crippen LogP contribution in [0.5, 0.6) is 0 Å². The average molecular weight is 239 g/mol. The largest absolute Gasteiger partial charge is 0.338 e. The van der Waals surface area contributed by atoms with E-state index in [1.54, 1.807) is 6.07 Å². The fourth-order valence-corrected chi connectivity index (χ4v) is 1.34. The second kappa shape index (κ2) is 4.40. The molecule has 0 saturated heterocycles. The van der Waals surface area contributed by atoms with Crippen molar-refractivity contribution >= 4 is 23.1 Å². The Bertz CT molecular complexity index is 518. The van der Waals surface area contributed by atoms with Crippen LogP contribution in [0, 0.1) is 12.7 Å². The summed E-state index contributed by atoms with van der Waals surface area (Å²) in [5, 5.41) is 10.1. The SMILES string of the molecule is Cc1ccc(F)cc1Nc1cnnc(Cl)n1. The molecule has 0 spiro atoms. The Morgan fingerprint density at radius 1 is 1.38 bits per heavy atom. The number of nitrogens with one attached hydrogen (secondary N) is 1. The van der Waals surface area contributed by atoms with Crippen LogP contribution < -0.4 is 5.32 Å². The van der Waals surface area contributed by atoms with Crippen LogP contribution in [-0.2, 0) is 0 Å². The van der Waals surface area contributed by atoms with Crippen molar-refractivity contribution < 1.29 is 4.39 Å². The van der Waals surface area contributed by atoms with Crippen LogP contribution in [0.15, 0.2) is 24.4 Å². The van der Waals surface area contributed by atoms with Crippen LogP contribution in [-0.4, -0.2) is 15.2 Å². The van der Waals surface area contributed by atoms with Gasteiger partial charge in [0.25, 0.3) is 0 Å². The van der Waals surface area contributed by atoms with Crippen LogP contribution in [0.3, 0.4) is 0 Å². The molecule has 0 atom stereocenters. The summed E-state index contributed by atoms with van der Waals surface area (Å²) in [5.41, 5.74) is 1.52. The zero-order chi connectivity index (χ0) is 11.5. The number of rotatable bonds is 2. The summed E-state index contributed by atoms with van der Waals surface area (Å²) in [7, 11) is 0. The molecule has 0 aliphatic carbocycles. The fraction of sp³-hybridized carbons (Fsp3) is 0.100. The average Bonchev–Trinajstić information content (AvgIpc) is 2.24. The first kappa shape index (κ1) is 10.8. The van der Waals surface area contributed by atoms with Crippen LogP contribution in [0.2, 0.25) is 5.28 Å². The second-order valence-corrected chi connectivity index (χ2v) is 3.53. The first-order valence-corrected chi connectivity index (χ1v) is 4.91. The number of halogens is 2. The third kappa shape index (κ3) is 2.43. The molecule has 0 aliphatic rings. The Kier molecular flexibility index (Phi) is 2.96. The van der Waals surface area contributed by atoms with Gasteiger partial charge in [0.2, 0.25) is 5.28 Å². The van der Waals surface area contributed by atoms with E-state index in [-0.39, 0.29) is 11.1 Å². The van der Waals surface area contributed by atoms with Crippen molar-refractivity contribution in [2.24, 2.45) is 0 Å². The summed E-state index contributed by atoms with van der Waals surface area (Å²) in [4.78, 5) is 3.90. The lowest BCUT2D eigenvalue weighted by Gasteiger charge is -2.07. The smallest absolute Gasteiger partial charge is 0.244 e. The highest BCUT2D eigenvalue weighted by atomic mass is 35.5. The first-order valence-electron chi connectivity index (χ1n) is 4.53. The van der Waals surface area contributed by atoms with Crippen molar-refractivity contribution in [3.05, 3.63) is 41.1 Å². The summed E-state index contributed by atoms with van der Waals surface area (Å²) in [6.45, 7) is 1.86. The molecule has 1 aromatic heterocycles. The molecular formula is C10H8ClFN4. The molecule has 1 heterocycles. The first-order chi connectivity index (χ1) is 7.65. The molecule has 2 rings (SSSR count). The maximum absolute atomic E-state index is 13.0. The zero-order valence-corrected chi connectivity index (χ0v) is 9.16. The van der Waals surface area contributed by atoms with E-state index < -0.39 is 0 Å². The standard InChI is InChI=1S/C10H8ClFN4/c1-6-2-3-7(12)4-8(6)14-9-5-13-16-10(11)15-9/h2-5H,1H3,(H,14,15,16). The molecule has 82 valence electrons. The van der Waals surface area contributed by atoms with E-state index in [2.05, 4.69) is 20.5 Å². The molecule has 6 heteroatoms. The van der Waals surface area contributed by atoms with Crippen LogP contribution in [0.25, 0.3) is 0 Å². The van der Waals surface area contributed by atoms with E-state index >= 15 is 0 Å². The van der Waals surface area contributed by atoms with E-state index in [4.69, 9.17) is 11.6 Å². The summed E-state index contributed by atoms with van der Waals surface area (Å²) in [6, 6.07) is 4.45. The minimum atomic E-state index is -0.318. The summed E-state index contributed by atoms with van der Waals surface area (Å²) < 4.78 is 13.0. The highest BCUT2D eigenvalue weighted by molar-refractivity contribution is 6.28. The number of hydrogen-bond acceptors (Lipinski definition) is 4. The predicted octanol–water partition coefficient (Wildman–Crippen LogP) is 2.72. The summed E-state index contributed by atoms with van der Waals surface area (Å²) in [6.07, 6.45) is 1.41. The van der Waals surface area contributed by atoms with E-state index in [0.717, 1.165) is 5.56 Å². The number of aryl methyl sites for hydroxylation is 1. The van der Waals surface area contributed by atoms with Crippen LogP contribution in [0.4, 0.5) is 15.9 Å². The summed E-state index contributed by atoms with van der Waals surface area (Å²) in [5.74, 6) is 0.106. The molecular weight excluding hydrogens is 231 g/mol. The van der Waals surface area contributed by atoms with Crippen molar-refractivity contribution in [2.45, 2.75) is 6.92 Å². The molecule has 1 N–H and O–H groups in total. The minimum absolute atomic E-state index is 0.0408. The Morgan fingerprint density at radius 3 is 2.94 bits per heavy atom. The van der Waals surface area contributed by atoms with Crippen LogP contribution >= 0.6 is 11.6 Å². The van der Waals surface area contributed by atoms with Crippen molar-refractivity contribution in [3.63, 3.8) is 0 Å². The van der Waals surface area contributed by atoms with Crippen molar-refractivity contribution in [2.75, 3.05) is 5.32 Å². The van der Waals surface area contributed by atoms with Crippen molar-refractivity contribution in [1.29, 1.82) is 0 Å². The molecule has 0 amide bonds. The van der Waals surface area contributed by atoms with Crippen molar-refractivity contribution in [1.82, 2.24) is 15.2 Å². The highest BCUT2D eigenvalue weighted by Crippen LogP contribution is 2.19. The Labute approximate surface area is 96.5 Å². The highest BCUT2D eigenvalue weighted by Gasteiger charge is 2.03. The maximum atomic E-state index is 13.0. The quantitative estimate of drug-likeness (QED) is 0.874. The van der Waals surface area contributed by atoms with E-state index in [9.17, 15) is 4.39 Å². The number of anilines is 2. The third-order valence-corrected chi connectivity index (χ3v) is 2.16. The molecule has 0 radical (unpaired) electrons. The molecule has 2 aromatic rings. The van der Waals surface area contributed by atoms with Gasteiger partial charge in [0.1, 0.15) is 5.82 Å². The van der Waals surface area contributed by atoms with Gasteiger partial charge in [-0.25, -0.2) is 4.39 Å². The lowest BCUT2D eigenvalue weighted by atomic mass is 10.2. The van der Waals surface area contributed by atoms with Gasteiger partial charge < -0.3 is 5.32 Å². The minimum Gasteiger partial charge on any atom is -0.338 e. The van der Waals surface area contributed by atoms with Crippen LogP contribution in [0.1, 0.15) is 5.56 Å². The molecule has 0 aliphatic heterocycles. The van der Waals surface area contributed by atoms with Gasteiger partial charge in [-0.15, -0.1) is 5.10 Å². The van der Waals surface area contributed by atoms with Gasteiger partial charge in [0.15, 0.2) is 5.82 Å². The van der Waals surface area contributed by atoms with Gasteiger partial charge in [0.05, 0.1) is 6.20 Å². The zero-order valence-electron chi connectivity index (χ0n) is 8.41. The maximum Gasteiger partial charge on any atom is 0.244 e. The van der Waals surface area contributed by atoms with E-state index in [1.807, 2.05) is 6.92 Å². The lowest BCUT2D eigenvalue weighted by molar-refractivity contribution is 0.628. The molecule has 4 nitrogen and oxygen atoms in total. The predicted molar refractivity (Wildman–Crippen MR) is 59.3 cm³/mol. The fourth-order valence-electron chi connectivity index (χ4n) is 1.21. The van der Waals surface area contributed by atoms with Crippen molar-refractivity contribution in [3.8, 4) is 0 Å². The molecule has 0 bridgehead atoms. The topological polar surface area (TPSA) is 50.7 Å².